The second kappa shape index (κ2) is 17.8. The number of hydrogen-bond donors (Lipinski definition) is 0. The van der Waals surface area contributed by atoms with Crippen molar-refractivity contribution < 1.29 is 0 Å². The van der Waals surface area contributed by atoms with Gasteiger partial charge >= 0.3 is 0 Å². The van der Waals surface area contributed by atoms with Crippen molar-refractivity contribution in [2.24, 2.45) is 0 Å². The third-order valence-corrected chi connectivity index (χ3v) is 14.8. The number of nitriles is 2. The average Bonchev–Trinajstić information content (AvgIpc) is 3.94. The molecular formula is C69H44N4. The Kier molecular flexibility index (Phi) is 10.5. The Morgan fingerprint density at radius 3 is 1.08 bits per heavy atom. The molecule has 1 spiro atoms. The fraction of sp³-hybridized carbons (Fsp3) is 0.0145. The molecule has 13 rings (SSSR count). The molecular weight excluding hydrogens is 885 g/mol. The van der Waals surface area contributed by atoms with Crippen LogP contribution in [-0.4, -0.2) is 0 Å². The highest BCUT2D eigenvalue weighted by Gasteiger charge is 2.52. The molecule has 0 atom stereocenters. The van der Waals surface area contributed by atoms with Crippen LogP contribution in [0.15, 0.2) is 267 Å². The summed E-state index contributed by atoms with van der Waals surface area (Å²) >= 11 is 0. The van der Waals surface area contributed by atoms with Gasteiger partial charge in [0, 0.05) is 34.1 Å². The van der Waals surface area contributed by atoms with Gasteiger partial charge in [-0.05, 0) is 175 Å². The topological polar surface area (TPSA) is 54.1 Å². The summed E-state index contributed by atoms with van der Waals surface area (Å²) in [5.74, 6) is 0. The molecule has 0 amide bonds. The Balaban J connectivity index is 0.973. The Morgan fingerprint density at radius 1 is 0.260 bits per heavy atom. The molecule has 0 fully saturated rings. The van der Waals surface area contributed by atoms with E-state index in [-0.39, 0.29) is 0 Å². The maximum Gasteiger partial charge on any atom is 0.0991 e. The van der Waals surface area contributed by atoms with Crippen molar-refractivity contribution in [1.29, 1.82) is 10.5 Å². The molecule has 0 unspecified atom stereocenters. The predicted molar refractivity (Wildman–Crippen MR) is 298 cm³/mol. The number of nitrogens with zero attached hydrogens (tertiary/aromatic N) is 4. The first-order valence-electron chi connectivity index (χ1n) is 24.6. The average molecular weight is 929 g/mol. The molecule has 340 valence electrons. The molecule has 2 aliphatic rings. The van der Waals surface area contributed by atoms with E-state index in [1.54, 1.807) is 0 Å². The Hall–Kier alpha value is -10.0. The van der Waals surface area contributed by atoms with Crippen molar-refractivity contribution in [1.82, 2.24) is 0 Å². The lowest BCUT2D eigenvalue weighted by Crippen LogP contribution is -2.26. The van der Waals surface area contributed by atoms with Crippen LogP contribution in [0.3, 0.4) is 0 Å². The highest BCUT2D eigenvalue weighted by atomic mass is 15.1. The monoisotopic (exact) mass is 928 g/mol. The van der Waals surface area contributed by atoms with Gasteiger partial charge in [-0.1, -0.05) is 170 Å². The van der Waals surface area contributed by atoms with Crippen LogP contribution in [0.1, 0.15) is 33.4 Å². The van der Waals surface area contributed by atoms with Crippen LogP contribution < -0.4 is 9.80 Å². The van der Waals surface area contributed by atoms with Crippen molar-refractivity contribution in [3.8, 4) is 67.8 Å². The van der Waals surface area contributed by atoms with Crippen LogP contribution in [0, 0.1) is 22.7 Å². The first-order chi connectivity index (χ1) is 36.1. The SMILES string of the molecule is N#Cc1ccc(N(c2ccc(-c3ccccc3)cc2)c2ccc(-c3cccc4c3-c3ccc(N(c5ccc(C#N)cc5)c5ccc(-c6ccccc6)cc5)cc3C43c4ccccc4-c4ccccc43)cc2)cc1. The highest BCUT2D eigenvalue weighted by Crippen LogP contribution is 2.64. The van der Waals surface area contributed by atoms with Crippen LogP contribution in [-0.2, 0) is 5.41 Å². The first-order valence-corrected chi connectivity index (χ1v) is 24.6. The van der Waals surface area contributed by atoms with Gasteiger partial charge in [0.25, 0.3) is 0 Å². The van der Waals surface area contributed by atoms with Crippen molar-refractivity contribution in [3.05, 3.63) is 300 Å². The fourth-order valence-electron chi connectivity index (χ4n) is 11.5. The summed E-state index contributed by atoms with van der Waals surface area (Å²) in [5.41, 5.74) is 23.5. The van der Waals surface area contributed by atoms with Crippen molar-refractivity contribution in [3.63, 3.8) is 0 Å². The van der Waals surface area contributed by atoms with Gasteiger partial charge < -0.3 is 9.80 Å². The Labute approximate surface area is 425 Å². The molecule has 4 nitrogen and oxygen atoms in total. The Morgan fingerprint density at radius 2 is 0.616 bits per heavy atom. The number of benzene rings is 11. The zero-order chi connectivity index (χ0) is 48.9. The predicted octanol–water partition coefficient (Wildman–Crippen LogP) is 17.7. The van der Waals surface area contributed by atoms with Gasteiger partial charge in [-0.25, -0.2) is 0 Å². The van der Waals surface area contributed by atoms with Crippen LogP contribution >= 0.6 is 0 Å². The molecule has 0 saturated carbocycles. The summed E-state index contributed by atoms with van der Waals surface area (Å²) < 4.78 is 0. The van der Waals surface area contributed by atoms with Crippen LogP contribution in [0.4, 0.5) is 34.1 Å². The molecule has 2 aliphatic carbocycles. The Bertz CT molecular complexity index is 3900. The maximum atomic E-state index is 9.83. The molecule has 4 heteroatoms. The van der Waals surface area contributed by atoms with Gasteiger partial charge in [-0.2, -0.15) is 10.5 Å². The molecule has 0 bridgehead atoms. The van der Waals surface area contributed by atoms with Gasteiger partial charge in [0.1, 0.15) is 0 Å². The zero-order valence-electron chi connectivity index (χ0n) is 39.7. The summed E-state index contributed by atoms with van der Waals surface area (Å²) in [7, 11) is 0. The second-order valence-electron chi connectivity index (χ2n) is 18.7. The lowest BCUT2D eigenvalue weighted by Gasteiger charge is -2.32. The van der Waals surface area contributed by atoms with E-state index in [1.807, 2.05) is 60.7 Å². The van der Waals surface area contributed by atoms with Crippen LogP contribution in [0.5, 0.6) is 0 Å². The maximum absolute atomic E-state index is 9.83. The summed E-state index contributed by atoms with van der Waals surface area (Å²) in [6.45, 7) is 0. The van der Waals surface area contributed by atoms with Gasteiger partial charge in [0.05, 0.1) is 28.7 Å². The molecule has 0 saturated heterocycles. The van der Waals surface area contributed by atoms with E-state index >= 15 is 0 Å². The summed E-state index contributed by atoms with van der Waals surface area (Å²) in [4.78, 5) is 4.57. The van der Waals surface area contributed by atoms with E-state index < -0.39 is 5.41 Å². The lowest BCUT2D eigenvalue weighted by atomic mass is 9.70. The largest absolute Gasteiger partial charge is 0.311 e. The summed E-state index contributed by atoms with van der Waals surface area (Å²) in [6, 6.07) is 99.4. The van der Waals surface area contributed by atoms with Gasteiger partial charge in [-0.3, -0.25) is 0 Å². The van der Waals surface area contributed by atoms with Gasteiger partial charge in [-0.15, -0.1) is 0 Å². The van der Waals surface area contributed by atoms with Gasteiger partial charge in [0.15, 0.2) is 0 Å². The minimum Gasteiger partial charge on any atom is -0.311 e. The third-order valence-electron chi connectivity index (χ3n) is 14.8. The second-order valence-corrected chi connectivity index (χ2v) is 18.7. The quantitative estimate of drug-likeness (QED) is 0.145. The van der Waals surface area contributed by atoms with E-state index in [1.165, 1.54) is 50.1 Å². The van der Waals surface area contributed by atoms with E-state index in [9.17, 15) is 10.5 Å². The van der Waals surface area contributed by atoms with E-state index in [4.69, 9.17) is 0 Å². The molecule has 0 radical (unpaired) electrons. The number of fused-ring (bicyclic) bond motifs is 10. The normalized spacial score (nSPS) is 12.2. The molecule has 73 heavy (non-hydrogen) atoms. The first kappa shape index (κ1) is 43.1. The van der Waals surface area contributed by atoms with Crippen molar-refractivity contribution in [2.45, 2.75) is 5.41 Å². The van der Waals surface area contributed by atoms with Gasteiger partial charge in [0.2, 0.25) is 0 Å². The summed E-state index contributed by atoms with van der Waals surface area (Å²) in [6.07, 6.45) is 0. The van der Waals surface area contributed by atoms with E-state index in [2.05, 4.69) is 228 Å². The van der Waals surface area contributed by atoms with Crippen LogP contribution in [0.2, 0.25) is 0 Å². The molecule has 11 aromatic carbocycles. The molecule has 0 aliphatic heterocycles. The van der Waals surface area contributed by atoms with Crippen LogP contribution in [0.25, 0.3) is 55.6 Å². The molecule has 0 N–H and O–H groups in total. The van der Waals surface area contributed by atoms with E-state index in [0.717, 1.165) is 61.9 Å². The minimum atomic E-state index is -0.602. The lowest BCUT2D eigenvalue weighted by molar-refractivity contribution is 0.794. The van der Waals surface area contributed by atoms with E-state index in [0.29, 0.717) is 11.1 Å². The third kappa shape index (κ3) is 7.12. The van der Waals surface area contributed by atoms with Crippen molar-refractivity contribution >= 4 is 34.1 Å². The minimum absolute atomic E-state index is 0.602. The standard InChI is InChI=1S/C69H44N4/c70-45-47-22-32-54(33-23-47)72(56-36-26-51(27-37-56)49-12-3-1-4-13-49)57-40-30-53(31-41-57)60-18-11-21-66-68(60)63-43-42-59(44-67(63)69(66)64-19-9-7-16-61(64)62-17-8-10-20-65(62)69)73(55-34-24-48(46-71)25-35-55)58-38-28-52(29-39-58)50-14-5-2-6-15-50/h1-44H. The van der Waals surface area contributed by atoms with Crippen molar-refractivity contribution in [2.75, 3.05) is 9.80 Å². The molecule has 0 heterocycles. The number of rotatable bonds is 9. The number of anilines is 6. The number of hydrogen-bond acceptors (Lipinski definition) is 4. The molecule has 0 aromatic heterocycles. The summed E-state index contributed by atoms with van der Waals surface area (Å²) in [5, 5.41) is 19.5. The smallest absolute Gasteiger partial charge is 0.0991 e. The molecule has 11 aromatic rings. The highest BCUT2D eigenvalue weighted by molar-refractivity contribution is 6.01. The fourth-order valence-corrected chi connectivity index (χ4v) is 11.5. The zero-order valence-corrected chi connectivity index (χ0v) is 39.7.